The molecule has 6 fully saturated rings. The fourth-order valence-electron chi connectivity index (χ4n) is 6.86. The minimum atomic E-state index is -0.488. The highest BCUT2D eigenvalue weighted by atomic mass is 16.5. The number of ether oxygens (including phenoxy) is 1. The number of amides is 1. The van der Waals surface area contributed by atoms with Gasteiger partial charge >= 0.3 is 0 Å². The van der Waals surface area contributed by atoms with Crippen molar-refractivity contribution in [3.63, 3.8) is 0 Å². The van der Waals surface area contributed by atoms with Gasteiger partial charge in [0, 0.05) is 24.9 Å². The maximum absolute atomic E-state index is 13.4. The predicted octanol–water partition coefficient (Wildman–Crippen LogP) is 2.96. The molecule has 1 aromatic heterocycles. The number of carbonyl (C=O) groups excluding carboxylic acids is 1. The zero-order valence-electron chi connectivity index (χ0n) is 17.5. The monoisotopic (exact) mass is 412 g/mol. The van der Waals surface area contributed by atoms with Crippen LogP contribution in [0.4, 0.5) is 5.95 Å². The highest BCUT2D eigenvalue weighted by Gasteiger charge is 2.55. The Morgan fingerprint density at radius 1 is 1.13 bits per heavy atom. The Morgan fingerprint density at radius 2 is 1.93 bits per heavy atom. The van der Waals surface area contributed by atoms with Crippen molar-refractivity contribution < 1.29 is 14.6 Å². The largest absolute Gasteiger partial charge is 0.390 e. The van der Waals surface area contributed by atoms with Crippen LogP contribution in [0.25, 0.3) is 0 Å². The molecule has 30 heavy (non-hydrogen) atoms. The third-order valence-corrected chi connectivity index (χ3v) is 8.27. The van der Waals surface area contributed by atoms with Crippen molar-refractivity contribution in [2.75, 3.05) is 11.9 Å². The van der Waals surface area contributed by atoms with Gasteiger partial charge in [0.05, 0.1) is 16.9 Å². The first-order valence-electron chi connectivity index (χ1n) is 11.8. The van der Waals surface area contributed by atoms with Gasteiger partial charge in [-0.25, -0.2) is 9.97 Å². The van der Waals surface area contributed by atoms with Gasteiger partial charge < -0.3 is 20.5 Å². The van der Waals surface area contributed by atoms with Crippen molar-refractivity contribution in [2.24, 2.45) is 17.8 Å². The maximum atomic E-state index is 13.4. The molecule has 1 amide bonds. The molecule has 5 aliphatic carbocycles. The number of aromatic nitrogens is 2. The Labute approximate surface area is 177 Å². The van der Waals surface area contributed by atoms with E-state index in [0.717, 1.165) is 63.5 Å². The zero-order chi connectivity index (χ0) is 20.3. The van der Waals surface area contributed by atoms with Gasteiger partial charge in [0.1, 0.15) is 6.10 Å². The molecule has 1 aromatic rings. The number of hydrogen-bond donors (Lipinski definition) is 3. The summed E-state index contributed by atoms with van der Waals surface area (Å²) in [6.07, 6.45) is 11.8. The molecular formula is C23H32N4O3. The lowest BCUT2D eigenvalue weighted by atomic mass is 9.52. The Kier molecular flexibility index (Phi) is 4.53. The van der Waals surface area contributed by atoms with E-state index in [1.54, 1.807) is 6.20 Å². The van der Waals surface area contributed by atoms with Gasteiger partial charge in [-0.2, -0.15) is 0 Å². The summed E-state index contributed by atoms with van der Waals surface area (Å²) >= 11 is 0. The van der Waals surface area contributed by atoms with Gasteiger partial charge in [-0.1, -0.05) is 0 Å². The van der Waals surface area contributed by atoms with E-state index >= 15 is 0 Å². The third kappa shape index (κ3) is 3.30. The highest BCUT2D eigenvalue weighted by molar-refractivity contribution is 5.95. The molecule has 3 atom stereocenters. The van der Waals surface area contributed by atoms with Crippen molar-refractivity contribution in [3.8, 4) is 0 Å². The maximum Gasteiger partial charge on any atom is 0.255 e. The standard InChI is InChI=1S/C23H32N4O3/c28-21(26-19-14-7-13-8-15(19)11-23(29,9-13)10-14)17-12-24-22(25-16-3-1-4-16)27-20(17)18-5-2-6-30-18/h12-16,18-19,29H,1-11H2,(H,26,28)(H,24,25,27)/t13?,14?,15?,18?,19-,23+. The Morgan fingerprint density at radius 3 is 2.57 bits per heavy atom. The fraction of sp³-hybridized carbons (Fsp3) is 0.783. The number of carbonyl (C=O) groups is 1. The van der Waals surface area contributed by atoms with Gasteiger partial charge in [0.2, 0.25) is 5.95 Å². The Hall–Kier alpha value is -1.73. The van der Waals surface area contributed by atoms with Gasteiger partial charge in [0.15, 0.2) is 0 Å². The van der Waals surface area contributed by atoms with E-state index < -0.39 is 5.60 Å². The summed E-state index contributed by atoms with van der Waals surface area (Å²) in [5.41, 5.74) is 0.788. The van der Waals surface area contributed by atoms with Gasteiger partial charge in [-0.05, 0) is 82.0 Å². The molecule has 5 saturated carbocycles. The number of aliphatic hydroxyl groups is 1. The molecule has 162 valence electrons. The number of rotatable bonds is 5. The van der Waals surface area contributed by atoms with Gasteiger partial charge in [-0.3, -0.25) is 4.79 Å². The fourth-order valence-corrected chi connectivity index (χ4v) is 6.86. The molecule has 4 bridgehead atoms. The van der Waals surface area contributed by atoms with Crippen LogP contribution in [0.3, 0.4) is 0 Å². The minimum Gasteiger partial charge on any atom is -0.390 e. The number of nitrogens with zero attached hydrogens (tertiary/aromatic N) is 2. The molecule has 3 unspecified atom stereocenters. The second-order valence-electron chi connectivity index (χ2n) is 10.5. The molecule has 7 rings (SSSR count). The topological polar surface area (TPSA) is 96.4 Å². The quantitative estimate of drug-likeness (QED) is 0.688. The minimum absolute atomic E-state index is 0.0832. The summed E-state index contributed by atoms with van der Waals surface area (Å²) in [5.74, 6) is 1.93. The Balaban J connectivity index is 1.23. The van der Waals surface area contributed by atoms with Crippen molar-refractivity contribution in [1.82, 2.24) is 15.3 Å². The summed E-state index contributed by atoms with van der Waals surface area (Å²) in [4.78, 5) is 22.6. The van der Waals surface area contributed by atoms with Crippen molar-refractivity contribution >= 4 is 11.9 Å². The van der Waals surface area contributed by atoms with Gasteiger partial charge in [0.25, 0.3) is 5.91 Å². The summed E-state index contributed by atoms with van der Waals surface area (Å²) < 4.78 is 5.90. The van der Waals surface area contributed by atoms with E-state index in [2.05, 4.69) is 15.6 Å². The number of anilines is 1. The molecule has 7 heteroatoms. The van der Waals surface area contributed by atoms with E-state index in [9.17, 15) is 9.90 Å². The van der Waals surface area contributed by atoms with E-state index in [0.29, 0.717) is 41.9 Å². The van der Waals surface area contributed by atoms with Crippen LogP contribution in [-0.4, -0.2) is 45.3 Å². The smallest absolute Gasteiger partial charge is 0.255 e. The molecule has 0 radical (unpaired) electrons. The van der Waals surface area contributed by atoms with E-state index in [4.69, 9.17) is 9.72 Å². The van der Waals surface area contributed by atoms with Crippen LogP contribution in [0.5, 0.6) is 0 Å². The normalized spacial score (nSPS) is 39.7. The van der Waals surface area contributed by atoms with Crippen LogP contribution < -0.4 is 10.6 Å². The molecule has 1 saturated heterocycles. The number of nitrogens with one attached hydrogen (secondary N) is 2. The lowest BCUT2D eigenvalue weighted by molar-refractivity contribution is -0.136. The second-order valence-corrected chi connectivity index (χ2v) is 10.5. The van der Waals surface area contributed by atoms with Crippen molar-refractivity contribution in [3.05, 3.63) is 17.5 Å². The first-order valence-corrected chi connectivity index (χ1v) is 11.8. The molecule has 1 aliphatic heterocycles. The van der Waals surface area contributed by atoms with E-state index in [-0.39, 0.29) is 18.1 Å². The second kappa shape index (κ2) is 7.16. The Bertz CT molecular complexity index is 820. The molecule has 7 nitrogen and oxygen atoms in total. The molecule has 0 spiro atoms. The average Bonchev–Trinajstić information content (AvgIpc) is 3.21. The van der Waals surface area contributed by atoms with Crippen LogP contribution in [0, 0.1) is 17.8 Å². The lowest BCUT2D eigenvalue weighted by Gasteiger charge is -2.58. The first-order chi connectivity index (χ1) is 14.6. The molecular weight excluding hydrogens is 380 g/mol. The summed E-state index contributed by atoms with van der Waals surface area (Å²) in [7, 11) is 0. The molecule has 3 N–H and O–H groups in total. The first kappa shape index (κ1) is 19.0. The summed E-state index contributed by atoms with van der Waals surface area (Å²) in [5, 5.41) is 17.6. The predicted molar refractivity (Wildman–Crippen MR) is 111 cm³/mol. The average molecular weight is 413 g/mol. The molecule has 2 heterocycles. The number of hydrogen-bond acceptors (Lipinski definition) is 6. The summed E-state index contributed by atoms with van der Waals surface area (Å²) in [6, 6.07) is 0.598. The van der Waals surface area contributed by atoms with Crippen LogP contribution in [0.2, 0.25) is 0 Å². The zero-order valence-corrected chi connectivity index (χ0v) is 17.5. The lowest BCUT2D eigenvalue weighted by Crippen LogP contribution is -2.61. The van der Waals surface area contributed by atoms with Crippen LogP contribution >= 0.6 is 0 Å². The molecule has 6 aliphatic rings. The third-order valence-electron chi connectivity index (χ3n) is 8.27. The van der Waals surface area contributed by atoms with Gasteiger partial charge in [-0.15, -0.1) is 0 Å². The highest BCUT2D eigenvalue weighted by Crippen LogP contribution is 2.55. The van der Waals surface area contributed by atoms with Crippen molar-refractivity contribution in [2.45, 2.75) is 88.0 Å². The van der Waals surface area contributed by atoms with Crippen LogP contribution in [-0.2, 0) is 4.74 Å². The van der Waals surface area contributed by atoms with Crippen molar-refractivity contribution in [1.29, 1.82) is 0 Å². The summed E-state index contributed by atoms with van der Waals surface area (Å²) in [6.45, 7) is 0.716. The van der Waals surface area contributed by atoms with Crippen LogP contribution in [0.15, 0.2) is 6.20 Å². The van der Waals surface area contributed by atoms with Crippen LogP contribution in [0.1, 0.15) is 86.4 Å². The molecule has 0 aromatic carbocycles. The van der Waals surface area contributed by atoms with E-state index in [1.165, 1.54) is 6.42 Å². The van der Waals surface area contributed by atoms with E-state index in [1.807, 2.05) is 0 Å². The SMILES string of the molecule is O=C(N[C@H]1C2CC3CC1C[C@@](O)(C3)C2)c1cnc(NC2CCC2)nc1C1CCCO1.